The third-order valence-electron chi connectivity index (χ3n) is 3.09. The maximum absolute atomic E-state index is 12.4. The van der Waals surface area contributed by atoms with Crippen molar-refractivity contribution in [1.29, 1.82) is 0 Å². The molecule has 0 radical (unpaired) electrons. The van der Waals surface area contributed by atoms with Crippen molar-refractivity contribution in [3.63, 3.8) is 0 Å². The number of pyridine rings is 1. The fourth-order valence-electron chi connectivity index (χ4n) is 2.15. The summed E-state index contributed by atoms with van der Waals surface area (Å²) in [5, 5.41) is 3.35. The van der Waals surface area contributed by atoms with Gasteiger partial charge in [-0.05, 0) is 38.3 Å². The minimum atomic E-state index is -4.31. The second-order valence-corrected chi connectivity index (χ2v) is 4.52. The summed E-state index contributed by atoms with van der Waals surface area (Å²) in [4.78, 5) is 3.92. The van der Waals surface area contributed by atoms with E-state index < -0.39 is 11.7 Å². The molecule has 2 unspecified atom stereocenters. The number of hydrogen-bond donors (Lipinski definition) is 1. The van der Waals surface area contributed by atoms with Crippen LogP contribution in [0.1, 0.15) is 43.5 Å². The van der Waals surface area contributed by atoms with E-state index in [0.717, 1.165) is 31.5 Å². The average molecular weight is 244 g/mol. The van der Waals surface area contributed by atoms with Crippen molar-refractivity contribution < 1.29 is 13.2 Å². The molecule has 0 aliphatic carbocycles. The Morgan fingerprint density at radius 3 is 2.59 bits per heavy atom. The Bertz CT molecular complexity index is 372. The van der Waals surface area contributed by atoms with Crippen LogP contribution in [-0.2, 0) is 6.18 Å². The van der Waals surface area contributed by atoms with Crippen molar-refractivity contribution >= 4 is 0 Å². The Kier molecular flexibility index (Phi) is 3.38. The van der Waals surface area contributed by atoms with Gasteiger partial charge < -0.3 is 5.32 Å². The number of halogens is 3. The van der Waals surface area contributed by atoms with Gasteiger partial charge in [-0.2, -0.15) is 13.2 Å². The summed E-state index contributed by atoms with van der Waals surface area (Å²) in [6.45, 7) is 2.08. The van der Waals surface area contributed by atoms with Gasteiger partial charge in [0.2, 0.25) is 0 Å². The quantitative estimate of drug-likeness (QED) is 0.819. The van der Waals surface area contributed by atoms with E-state index in [0.29, 0.717) is 11.7 Å². The second-order valence-electron chi connectivity index (χ2n) is 4.52. The van der Waals surface area contributed by atoms with E-state index in [4.69, 9.17) is 0 Å². The molecule has 2 rings (SSSR count). The van der Waals surface area contributed by atoms with Gasteiger partial charge in [0.15, 0.2) is 0 Å². The van der Waals surface area contributed by atoms with Crippen molar-refractivity contribution in [2.45, 2.75) is 44.4 Å². The molecule has 1 N–H and O–H groups in total. The lowest BCUT2D eigenvalue weighted by molar-refractivity contribution is -0.137. The molecule has 1 saturated heterocycles. The van der Waals surface area contributed by atoms with Crippen LogP contribution >= 0.6 is 0 Å². The Hall–Kier alpha value is -1.10. The van der Waals surface area contributed by atoms with Crippen LogP contribution in [-0.4, -0.2) is 11.0 Å². The molecule has 0 bridgehead atoms. The lowest BCUT2D eigenvalue weighted by atomic mass is 9.97. The largest absolute Gasteiger partial charge is 0.417 e. The van der Waals surface area contributed by atoms with E-state index in [1.807, 2.05) is 0 Å². The van der Waals surface area contributed by atoms with Crippen LogP contribution in [0.3, 0.4) is 0 Å². The fourth-order valence-corrected chi connectivity index (χ4v) is 2.15. The highest BCUT2D eigenvalue weighted by molar-refractivity contribution is 5.19. The van der Waals surface area contributed by atoms with Gasteiger partial charge >= 0.3 is 6.18 Å². The summed E-state index contributed by atoms with van der Waals surface area (Å²) in [5.41, 5.74) is 0.00894. The predicted molar refractivity (Wildman–Crippen MR) is 58.4 cm³/mol. The summed E-state index contributed by atoms with van der Waals surface area (Å²) in [6, 6.07) is 3.06. The molecule has 0 aromatic carbocycles. The van der Waals surface area contributed by atoms with E-state index in [-0.39, 0.29) is 6.04 Å². The highest BCUT2D eigenvalue weighted by atomic mass is 19.4. The van der Waals surface area contributed by atoms with Crippen LogP contribution in [0.25, 0.3) is 0 Å². The molecule has 94 valence electrons. The fraction of sp³-hybridized carbons (Fsp3) is 0.583. The van der Waals surface area contributed by atoms with E-state index in [1.54, 1.807) is 0 Å². The molecule has 17 heavy (non-hydrogen) atoms. The van der Waals surface area contributed by atoms with Crippen LogP contribution in [0.15, 0.2) is 18.3 Å². The minimum absolute atomic E-state index is 0.0843. The molecule has 2 nitrogen and oxygen atoms in total. The Morgan fingerprint density at radius 1 is 1.29 bits per heavy atom. The topological polar surface area (TPSA) is 24.9 Å². The molecule has 1 aromatic heterocycles. The van der Waals surface area contributed by atoms with Gasteiger partial charge in [-0.1, -0.05) is 0 Å². The van der Waals surface area contributed by atoms with Crippen LogP contribution in [0.2, 0.25) is 0 Å². The van der Waals surface area contributed by atoms with Gasteiger partial charge in [0.25, 0.3) is 0 Å². The minimum Gasteiger partial charge on any atom is -0.306 e. The predicted octanol–water partition coefficient (Wildman–Crippen LogP) is 3.30. The molecule has 1 fully saturated rings. The SMILES string of the molecule is CC1CCCC(c2ccc(C(F)(F)F)cn2)N1. The van der Waals surface area contributed by atoms with Gasteiger partial charge in [-0.3, -0.25) is 4.98 Å². The Labute approximate surface area is 98.2 Å². The monoisotopic (exact) mass is 244 g/mol. The number of alkyl halides is 3. The number of hydrogen-bond acceptors (Lipinski definition) is 2. The number of piperidine rings is 1. The zero-order chi connectivity index (χ0) is 12.5. The van der Waals surface area contributed by atoms with E-state index in [9.17, 15) is 13.2 Å². The maximum atomic E-state index is 12.4. The van der Waals surface area contributed by atoms with Crippen molar-refractivity contribution in [3.8, 4) is 0 Å². The van der Waals surface area contributed by atoms with Gasteiger partial charge in [0, 0.05) is 18.3 Å². The lowest BCUT2D eigenvalue weighted by Gasteiger charge is -2.28. The molecule has 0 spiro atoms. The standard InChI is InChI=1S/C12H15F3N2/c1-8-3-2-4-11(17-8)10-6-5-9(7-16-10)12(13,14)15/h5-8,11,17H,2-4H2,1H3. The Balaban J connectivity index is 2.12. The molecule has 2 atom stereocenters. The molecule has 2 heterocycles. The first-order valence-electron chi connectivity index (χ1n) is 5.76. The number of nitrogens with zero attached hydrogens (tertiary/aromatic N) is 1. The third-order valence-corrected chi connectivity index (χ3v) is 3.09. The van der Waals surface area contributed by atoms with Gasteiger partial charge in [0.05, 0.1) is 11.3 Å². The van der Waals surface area contributed by atoms with Crippen molar-refractivity contribution in [3.05, 3.63) is 29.6 Å². The molecule has 1 aromatic rings. The first kappa shape index (κ1) is 12.4. The third kappa shape index (κ3) is 2.97. The highest BCUT2D eigenvalue weighted by Crippen LogP contribution is 2.30. The zero-order valence-electron chi connectivity index (χ0n) is 9.59. The van der Waals surface area contributed by atoms with Crippen LogP contribution in [0.4, 0.5) is 13.2 Å². The van der Waals surface area contributed by atoms with E-state index in [1.165, 1.54) is 6.07 Å². The van der Waals surface area contributed by atoms with Crippen LogP contribution in [0.5, 0.6) is 0 Å². The normalized spacial score (nSPS) is 25.9. The Morgan fingerprint density at radius 2 is 2.06 bits per heavy atom. The van der Waals surface area contributed by atoms with Crippen molar-refractivity contribution in [2.24, 2.45) is 0 Å². The van der Waals surface area contributed by atoms with E-state index >= 15 is 0 Å². The van der Waals surface area contributed by atoms with Crippen molar-refractivity contribution in [2.75, 3.05) is 0 Å². The highest BCUT2D eigenvalue weighted by Gasteiger charge is 2.31. The number of aromatic nitrogens is 1. The molecular formula is C12H15F3N2. The van der Waals surface area contributed by atoms with Crippen LogP contribution in [0, 0.1) is 0 Å². The molecule has 1 aliphatic rings. The smallest absolute Gasteiger partial charge is 0.306 e. The van der Waals surface area contributed by atoms with Crippen molar-refractivity contribution in [1.82, 2.24) is 10.3 Å². The molecular weight excluding hydrogens is 229 g/mol. The first-order valence-corrected chi connectivity index (χ1v) is 5.76. The molecule has 5 heteroatoms. The number of nitrogens with one attached hydrogen (secondary N) is 1. The molecule has 0 amide bonds. The van der Waals surface area contributed by atoms with E-state index in [2.05, 4.69) is 17.2 Å². The second kappa shape index (κ2) is 4.64. The van der Waals surface area contributed by atoms with Gasteiger partial charge in [-0.25, -0.2) is 0 Å². The lowest BCUT2D eigenvalue weighted by Crippen LogP contribution is -2.35. The maximum Gasteiger partial charge on any atom is 0.417 e. The summed E-state index contributed by atoms with van der Waals surface area (Å²) < 4.78 is 37.1. The summed E-state index contributed by atoms with van der Waals surface area (Å²) in [7, 11) is 0. The first-order chi connectivity index (χ1) is 7.97. The number of rotatable bonds is 1. The van der Waals surface area contributed by atoms with Crippen LogP contribution < -0.4 is 5.32 Å². The zero-order valence-corrected chi connectivity index (χ0v) is 9.59. The average Bonchev–Trinajstić information content (AvgIpc) is 2.28. The summed E-state index contributed by atoms with van der Waals surface area (Å²) >= 11 is 0. The van der Waals surface area contributed by atoms with Gasteiger partial charge in [0.1, 0.15) is 0 Å². The summed E-state index contributed by atoms with van der Waals surface area (Å²) in [5.74, 6) is 0. The summed E-state index contributed by atoms with van der Waals surface area (Å²) in [6.07, 6.45) is -0.267. The van der Waals surface area contributed by atoms with Gasteiger partial charge in [-0.15, -0.1) is 0 Å². The molecule has 1 aliphatic heterocycles. The molecule has 0 saturated carbocycles.